The molecule has 2 nitrogen and oxygen atoms in total. The SMILES string of the molecule is c1ccc(-c2ccc(N(c3ccccc3)c3cccc(-c4nc5c6ccccc6c6ccccc6c5s4)c3)cc2)cc1. The van der Waals surface area contributed by atoms with Gasteiger partial charge in [0, 0.05) is 33.4 Å². The topological polar surface area (TPSA) is 16.1 Å². The van der Waals surface area contributed by atoms with Crippen LogP contribution in [0.15, 0.2) is 158 Å². The first kappa shape index (κ1) is 24.5. The van der Waals surface area contributed by atoms with Crippen LogP contribution in [0.25, 0.3) is 53.5 Å². The van der Waals surface area contributed by atoms with Gasteiger partial charge in [0.15, 0.2) is 0 Å². The van der Waals surface area contributed by atoms with E-state index in [0.29, 0.717) is 0 Å². The Bertz CT molecular complexity index is 2110. The number of hydrogen-bond donors (Lipinski definition) is 0. The fraction of sp³-hybridized carbons (Fsp3) is 0. The average Bonchev–Trinajstić information content (AvgIpc) is 3.53. The van der Waals surface area contributed by atoms with Gasteiger partial charge in [-0.05, 0) is 58.3 Å². The molecule has 42 heavy (non-hydrogen) atoms. The van der Waals surface area contributed by atoms with Crippen LogP contribution in [-0.2, 0) is 0 Å². The maximum atomic E-state index is 5.25. The molecule has 0 aliphatic heterocycles. The van der Waals surface area contributed by atoms with E-state index >= 15 is 0 Å². The molecule has 0 unspecified atom stereocenters. The molecule has 8 aromatic rings. The van der Waals surface area contributed by atoms with Crippen molar-refractivity contribution in [2.75, 3.05) is 4.90 Å². The van der Waals surface area contributed by atoms with E-state index in [1.807, 2.05) is 0 Å². The Kier molecular flexibility index (Phi) is 6.02. The molecule has 1 heterocycles. The van der Waals surface area contributed by atoms with Gasteiger partial charge in [0.05, 0.1) is 10.2 Å². The van der Waals surface area contributed by atoms with Gasteiger partial charge in [-0.15, -0.1) is 11.3 Å². The maximum absolute atomic E-state index is 5.25. The summed E-state index contributed by atoms with van der Waals surface area (Å²) in [4.78, 5) is 7.57. The van der Waals surface area contributed by atoms with Crippen molar-refractivity contribution >= 4 is 60.2 Å². The first-order valence-corrected chi connectivity index (χ1v) is 15.0. The van der Waals surface area contributed by atoms with Crippen LogP contribution in [-0.4, -0.2) is 4.98 Å². The number of benzene rings is 7. The molecule has 0 amide bonds. The lowest BCUT2D eigenvalue weighted by Gasteiger charge is -2.26. The van der Waals surface area contributed by atoms with E-state index in [2.05, 4.69) is 163 Å². The van der Waals surface area contributed by atoms with Crippen molar-refractivity contribution in [3.05, 3.63) is 158 Å². The van der Waals surface area contributed by atoms with Gasteiger partial charge in [-0.3, -0.25) is 0 Å². The first-order chi connectivity index (χ1) is 20.8. The molecule has 0 saturated carbocycles. The molecule has 3 heteroatoms. The van der Waals surface area contributed by atoms with Crippen molar-refractivity contribution in [1.82, 2.24) is 4.98 Å². The van der Waals surface area contributed by atoms with Crippen molar-refractivity contribution < 1.29 is 0 Å². The first-order valence-electron chi connectivity index (χ1n) is 14.1. The Morgan fingerprint density at radius 1 is 0.405 bits per heavy atom. The van der Waals surface area contributed by atoms with Crippen molar-refractivity contribution in [2.24, 2.45) is 0 Å². The van der Waals surface area contributed by atoms with E-state index in [-0.39, 0.29) is 0 Å². The Morgan fingerprint density at radius 3 is 1.67 bits per heavy atom. The zero-order valence-corrected chi connectivity index (χ0v) is 23.6. The summed E-state index contributed by atoms with van der Waals surface area (Å²) in [5.41, 5.74) is 7.93. The van der Waals surface area contributed by atoms with Crippen LogP contribution in [0.5, 0.6) is 0 Å². The highest BCUT2D eigenvalue weighted by Gasteiger charge is 2.17. The van der Waals surface area contributed by atoms with Crippen LogP contribution in [0.2, 0.25) is 0 Å². The van der Waals surface area contributed by atoms with Crippen LogP contribution in [0.3, 0.4) is 0 Å². The minimum absolute atomic E-state index is 1.03. The third-order valence-electron chi connectivity index (χ3n) is 7.87. The predicted octanol–water partition coefficient (Wildman–Crippen LogP) is 11.4. The minimum Gasteiger partial charge on any atom is -0.310 e. The molecular formula is C39H26N2S. The second-order valence-electron chi connectivity index (χ2n) is 10.4. The number of thiazole rings is 1. The van der Waals surface area contributed by atoms with Crippen LogP contribution >= 0.6 is 11.3 Å². The third kappa shape index (κ3) is 4.23. The van der Waals surface area contributed by atoms with Gasteiger partial charge >= 0.3 is 0 Å². The fourth-order valence-electron chi connectivity index (χ4n) is 5.89. The summed E-state index contributed by atoms with van der Waals surface area (Å²) in [6.07, 6.45) is 0. The monoisotopic (exact) mass is 554 g/mol. The van der Waals surface area contributed by atoms with Crippen LogP contribution in [0.1, 0.15) is 0 Å². The molecule has 7 aromatic carbocycles. The Balaban J connectivity index is 1.26. The molecule has 0 saturated heterocycles. The van der Waals surface area contributed by atoms with E-state index in [0.717, 1.165) is 33.1 Å². The van der Waals surface area contributed by atoms with E-state index in [4.69, 9.17) is 4.98 Å². The molecule has 0 fully saturated rings. The summed E-state index contributed by atoms with van der Waals surface area (Å²) in [6.45, 7) is 0. The number of rotatable bonds is 5. The quantitative estimate of drug-likeness (QED) is 0.197. The highest BCUT2D eigenvalue weighted by Crippen LogP contribution is 2.42. The molecule has 0 aliphatic carbocycles. The molecule has 0 radical (unpaired) electrons. The lowest BCUT2D eigenvalue weighted by atomic mass is 10.0. The summed E-state index contributed by atoms with van der Waals surface area (Å²) >= 11 is 1.78. The molecule has 198 valence electrons. The molecule has 0 spiro atoms. The van der Waals surface area contributed by atoms with Crippen molar-refractivity contribution in [2.45, 2.75) is 0 Å². The van der Waals surface area contributed by atoms with Crippen LogP contribution < -0.4 is 4.90 Å². The van der Waals surface area contributed by atoms with Crippen molar-refractivity contribution in [3.63, 3.8) is 0 Å². The van der Waals surface area contributed by atoms with Crippen molar-refractivity contribution in [3.8, 4) is 21.7 Å². The summed E-state index contributed by atoms with van der Waals surface area (Å²) < 4.78 is 1.24. The Hall–Kier alpha value is -5.25. The number of hydrogen-bond acceptors (Lipinski definition) is 3. The molecular weight excluding hydrogens is 529 g/mol. The summed E-state index contributed by atoms with van der Waals surface area (Å²) in [5, 5.41) is 6.02. The Labute approximate surface area is 248 Å². The maximum Gasteiger partial charge on any atom is 0.124 e. The molecule has 0 bridgehead atoms. The molecule has 1 aromatic heterocycles. The summed E-state index contributed by atoms with van der Waals surface area (Å²) in [5.74, 6) is 0. The number of aromatic nitrogens is 1. The van der Waals surface area contributed by atoms with Gasteiger partial charge in [0.25, 0.3) is 0 Å². The zero-order chi connectivity index (χ0) is 27.9. The Morgan fingerprint density at radius 2 is 0.929 bits per heavy atom. The van der Waals surface area contributed by atoms with Gasteiger partial charge in [0.2, 0.25) is 0 Å². The van der Waals surface area contributed by atoms with Crippen molar-refractivity contribution in [1.29, 1.82) is 0 Å². The number of para-hydroxylation sites is 1. The van der Waals surface area contributed by atoms with Gasteiger partial charge in [-0.25, -0.2) is 4.98 Å². The highest BCUT2D eigenvalue weighted by atomic mass is 32.1. The third-order valence-corrected chi connectivity index (χ3v) is 9.01. The molecule has 0 atom stereocenters. The van der Waals surface area contributed by atoms with Gasteiger partial charge in [-0.2, -0.15) is 0 Å². The van der Waals surface area contributed by atoms with Gasteiger partial charge in [0.1, 0.15) is 5.01 Å². The fourth-order valence-corrected chi connectivity index (χ4v) is 7.00. The molecule has 0 aliphatic rings. The second-order valence-corrected chi connectivity index (χ2v) is 11.4. The largest absolute Gasteiger partial charge is 0.310 e. The smallest absolute Gasteiger partial charge is 0.124 e. The minimum atomic E-state index is 1.03. The van der Waals surface area contributed by atoms with E-state index < -0.39 is 0 Å². The summed E-state index contributed by atoms with van der Waals surface area (Å²) in [6, 6.07) is 56.0. The van der Waals surface area contributed by atoms with E-state index in [1.54, 1.807) is 11.3 Å². The average molecular weight is 555 g/mol. The highest BCUT2D eigenvalue weighted by molar-refractivity contribution is 7.22. The summed E-state index contributed by atoms with van der Waals surface area (Å²) in [7, 11) is 0. The lowest BCUT2D eigenvalue weighted by molar-refractivity contribution is 1.28. The second kappa shape index (κ2) is 10.3. The standard InChI is InChI=1S/C39H26N2S/c1-3-12-27(13-4-1)28-22-24-31(25-23-28)41(30-15-5-2-6-16-30)32-17-11-14-29(26-32)39-40-37-35-20-9-7-18-33(35)34-19-8-10-21-36(34)38(37)42-39/h1-26H. The molecule has 8 rings (SSSR count). The number of nitrogens with zero attached hydrogens (tertiary/aromatic N) is 2. The van der Waals surface area contributed by atoms with Gasteiger partial charge < -0.3 is 4.90 Å². The number of anilines is 3. The normalized spacial score (nSPS) is 11.3. The van der Waals surface area contributed by atoms with E-state index in [1.165, 1.54) is 37.4 Å². The van der Waals surface area contributed by atoms with Crippen LogP contribution in [0.4, 0.5) is 17.1 Å². The zero-order valence-electron chi connectivity index (χ0n) is 22.8. The van der Waals surface area contributed by atoms with Crippen LogP contribution in [0, 0.1) is 0 Å². The number of fused-ring (bicyclic) bond motifs is 6. The lowest BCUT2D eigenvalue weighted by Crippen LogP contribution is -2.09. The molecule has 0 N–H and O–H groups in total. The van der Waals surface area contributed by atoms with E-state index in [9.17, 15) is 0 Å². The predicted molar refractivity (Wildman–Crippen MR) is 180 cm³/mol. The van der Waals surface area contributed by atoms with Gasteiger partial charge in [-0.1, -0.05) is 121 Å².